The van der Waals surface area contributed by atoms with Gasteiger partial charge in [0.05, 0.1) is 13.7 Å². The first-order valence-corrected chi connectivity index (χ1v) is 13.9. The van der Waals surface area contributed by atoms with Crippen LogP contribution in [0.15, 0.2) is 53.4 Å². The fourth-order valence-electron chi connectivity index (χ4n) is 3.78. The number of anilines is 1. The molecule has 0 aliphatic carbocycles. The van der Waals surface area contributed by atoms with Crippen LogP contribution < -0.4 is 15.4 Å². The highest BCUT2D eigenvalue weighted by Crippen LogP contribution is 2.45. The van der Waals surface area contributed by atoms with Gasteiger partial charge < -0.3 is 15.4 Å². The van der Waals surface area contributed by atoms with Gasteiger partial charge in [-0.25, -0.2) is 10.0 Å². The number of benzene rings is 2. The Morgan fingerprint density at radius 1 is 0.969 bits per heavy atom. The highest BCUT2D eigenvalue weighted by molar-refractivity contribution is 8.32. The van der Waals surface area contributed by atoms with Crippen molar-refractivity contribution in [3.63, 3.8) is 0 Å². The Labute approximate surface area is 193 Å². The third kappa shape index (κ3) is 6.74. The number of piperidine rings is 1. The quantitative estimate of drug-likeness (QED) is 0.628. The van der Waals surface area contributed by atoms with Crippen LogP contribution in [0.2, 0.25) is 0 Å². The third-order valence-corrected chi connectivity index (χ3v) is 7.35. The Balaban J connectivity index is 1.74. The van der Waals surface area contributed by atoms with E-state index in [1.54, 1.807) is 19.2 Å². The number of rotatable bonds is 8. The van der Waals surface area contributed by atoms with Gasteiger partial charge in [0.2, 0.25) is 5.91 Å². The van der Waals surface area contributed by atoms with Gasteiger partial charge in [0.1, 0.15) is 11.8 Å². The molecule has 0 saturated carbocycles. The number of carbonyl (C=O) groups is 2. The minimum Gasteiger partial charge on any atom is -0.497 e. The van der Waals surface area contributed by atoms with Crippen molar-refractivity contribution in [3.05, 3.63) is 54.1 Å². The second-order valence-corrected chi connectivity index (χ2v) is 13.1. The smallest absolute Gasteiger partial charge is 0.251 e. The molecule has 3 rings (SSSR count). The van der Waals surface area contributed by atoms with Gasteiger partial charge in [-0.3, -0.25) is 14.5 Å². The van der Waals surface area contributed by atoms with E-state index in [1.165, 1.54) is 11.3 Å². The summed E-state index contributed by atoms with van der Waals surface area (Å²) in [5, 5.41) is 5.91. The number of ether oxygens (including phenoxy) is 1. The number of hydrogen-bond donors (Lipinski definition) is 2. The van der Waals surface area contributed by atoms with Crippen LogP contribution in [0, 0.1) is 0 Å². The highest BCUT2D eigenvalue weighted by atomic mass is 32.3. The fraction of sp³-hybridized carbons (Fsp3) is 0.440. The summed E-state index contributed by atoms with van der Waals surface area (Å²) in [5.74, 6) is 0.292. The number of hydrogen-bond acceptors (Lipinski definition) is 4. The van der Waals surface area contributed by atoms with Crippen LogP contribution in [-0.2, 0) is 9.59 Å². The van der Waals surface area contributed by atoms with E-state index in [9.17, 15) is 9.59 Å². The molecule has 0 aromatic heterocycles. The molecule has 2 N–H and O–H groups in total. The molecule has 2 aromatic carbocycles. The zero-order valence-electron chi connectivity index (χ0n) is 19.5. The summed E-state index contributed by atoms with van der Waals surface area (Å²) in [6, 6.07) is 14.4. The standard InChI is InChI=1S/C25H35N3O3S/c1-31-21-12-8-19(9-13-21)24(27-23(29)18-28-16-6-5-7-17-28)25(30)26-20-10-14-22(15-11-20)32(2,3)4/h8-15,24H,5-7,16-18H2,1-4H3,(H,26,30)(H,27,29). The second-order valence-electron chi connectivity index (χ2n) is 8.96. The average Bonchev–Trinajstić information content (AvgIpc) is 2.78. The molecule has 1 heterocycles. The monoisotopic (exact) mass is 457 g/mol. The molecule has 0 spiro atoms. The second kappa shape index (κ2) is 10.9. The first kappa shape index (κ1) is 24.1. The first-order chi connectivity index (χ1) is 15.3. The molecule has 174 valence electrons. The van der Waals surface area contributed by atoms with Crippen molar-refractivity contribution in [2.24, 2.45) is 0 Å². The number of amides is 2. The van der Waals surface area contributed by atoms with Crippen LogP contribution >= 0.6 is 10.0 Å². The minimum atomic E-state index is -0.830. The van der Waals surface area contributed by atoms with E-state index in [0.29, 0.717) is 23.5 Å². The van der Waals surface area contributed by atoms with Crippen molar-refractivity contribution in [2.75, 3.05) is 50.8 Å². The fourth-order valence-corrected chi connectivity index (χ4v) is 4.74. The number of nitrogens with zero attached hydrogens (tertiary/aromatic N) is 1. The molecule has 0 radical (unpaired) electrons. The lowest BCUT2D eigenvalue weighted by molar-refractivity contribution is -0.127. The number of nitrogens with one attached hydrogen (secondary N) is 2. The number of carbonyl (C=O) groups excluding carboxylic acids is 2. The van der Waals surface area contributed by atoms with E-state index in [4.69, 9.17) is 4.74 Å². The molecule has 2 amide bonds. The summed E-state index contributed by atoms with van der Waals surface area (Å²) in [6.07, 6.45) is 10.1. The van der Waals surface area contributed by atoms with E-state index in [1.807, 2.05) is 24.3 Å². The van der Waals surface area contributed by atoms with E-state index >= 15 is 0 Å². The Morgan fingerprint density at radius 2 is 1.59 bits per heavy atom. The van der Waals surface area contributed by atoms with Gasteiger partial charge in [-0.15, -0.1) is 0 Å². The lowest BCUT2D eigenvalue weighted by atomic mass is 10.1. The molecule has 1 unspecified atom stereocenters. The van der Waals surface area contributed by atoms with Gasteiger partial charge in [-0.2, -0.15) is 0 Å². The lowest BCUT2D eigenvalue weighted by Gasteiger charge is -2.27. The van der Waals surface area contributed by atoms with Gasteiger partial charge in [-0.05, 0) is 91.6 Å². The van der Waals surface area contributed by atoms with Crippen molar-refractivity contribution >= 4 is 27.5 Å². The minimum absolute atomic E-state index is 0.144. The molecule has 1 aliphatic rings. The van der Waals surface area contributed by atoms with Gasteiger partial charge in [-0.1, -0.05) is 18.6 Å². The average molecular weight is 458 g/mol. The Bertz CT molecular complexity index is 902. The molecule has 0 bridgehead atoms. The van der Waals surface area contributed by atoms with Gasteiger partial charge in [0, 0.05) is 5.69 Å². The molecule has 1 fully saturated rings. The topological polar surface area (TPSA) is 70.7 Å². The SMILES string of the molecule is COc1ccc(C(NC(=O)CN2CCCCC2)C(=O)Nc2ccc(S(C)(C)C)cc2)cc1. The zero-order chi connectivity index (χ0) is 23.1. The summed E-state index contributed by atoms with van der Waals surface area (Å²) < 4.78 is 5.23. The zero-order valence-corrected chi connectivity index (χ0v) is 20.3. The molecule has 2 aromatic rings. The molecule has 6 nitrogen and oxygen atoms in total. The van der Waals surface area contributed by atoms with Gasteiger partial charge in [0.25, 0.3) is 5.91 Å². The highest BCUT2D eigenvalue weighted by Gasteiger charge is 2.24. The van der Waals surface area contributed by atoms with Crippen LogP contribution in [0.3, 0.4) is 0 Å². The maximum absolute atomic E-state index is 13.2. The molecule has 1 aliphatic heterocycles. The van der Waals surface area contributed by atoms with Crippen LogP contribution in [0.1, 0.15) is 30.9 Å². The van der Waals surface area contributed by atoms with Gasteiger partial charge in [0.15, 0.2) is 0 Å². The van der Waals surface area contributed by atoms with Crippen molar-refractivity contribution in [2.45, 2.75) is 30.2 Å². The van der Waals surface area contributed by atoms with Crippen molar-refractivity contribution < 1.29 is 14.3 Å². The predicted molar refractivity (Wildman–Crippen MR) is 133 cm³/mol. The van der Waals surface area contributed by atoms with Crippen molar-refractivity contribution in [1.82, 2.24) is 10.2 Å². The third-order valence-electron chi connectivity index (χ3n) is 5.66. The summed E-state index contributed by atoms with van der Waals surface area (Å²) in [6.45, 7) is 2.16. The van der Waals surface area contributed by atoms with E-state index in [2.05, 4.69) is 46.4 Å². The van der Waals surface area contributed by atoms with Crippen molar-refractivity contribution in [3.8, 4) is 5.75 Å². The summed E-state index contributed by atoms with van der Waals surface area (Å²) in [5.41, 5.74) is 1.43. The van der Waals surface area contributed by atoms with E-state index in [-0.39, 0.29) is 11.8 Å². The normalized spacial score (nSPS) is 16.1. The molecule has 1 atom stereocenters. The van der Waals surface area contributed by atoms with E-state index in [0.717, 1.165) is 25.9 Å². The lowest BCUT2D eigenvalue weighted by Crippen LogP contribution is -2.43. The predicted octanol–water partition coefficient (Wildman–Crippen LogP) is 4.03. The molecule has 7 heteroatoms. The number of methoxy groups -OCH3 is 1. The Hall–Kier alpha value is -2.51. The number of likely N-dealkylation sites (tertiary alicyclic amines) is 1. The molecular formula is C25H35N3O3S. The largest absolute Gasteiger partial charge is 0.497 e. The van der Waals surface area contributed by atoms with Crippen LogP contribution in [0.25, 0.3) is 0 Å². The summed E-state index contributed by atoms with van der Waals surface area (Å²) in [4.78, 5) is 29.4. The maximum atomic E-state index is 13.2. The Morgan fingerprint density at radius 3 is 2.16 bits per heavy atom. The van der Waals surface area contributed by atoms with Crippen molar-refractivity contribution in [1.29, 1.82) is 0 Å². The van der Waals surface area contributed by atoms with Crippen LogP contribution in [0.5, 0.6) is 5.75 Å². The Kier molecular flexibility index (Phi) is 8.21. The van der Waals surface area contributed by atoms with Crippen LogP contribution in [-0.4, -0.2) is 62.2 Å². The summed E-state index contributed by atoms with van der Waals surface area (Å²) >= 11 is 0. The molecule has 32 heavy (non-hydrogen) atoms. The first-order valence-electron chi connectivity index (χ1n) is 11.0. The van der Waals surface area contributed by atoms with Gasteiger partial charge >= 0.3 is 0 Å². The molecular weight excluding hydrogens is 422 g/mol. The molecule has 1 saturated heterocycles. The van der Waals surface area contributed by atoms with E-state index < -0.39 is 16.1 Å². The van der Waals surface area contributed by atoms with Crippen LogP contribution in [0.4, 0.5) is 5.69 Å². The maximum Gasteiger partial charge on any atom is 0.251 e. The summed E-state index contributed by atoms with van der Waals surface area (Å²) in [7, 11) is 0.769.